The summed E-state index contributed by atoms with van der Waals surface area (Å²) in [5.74, 6) is -0.978. The van der Waals surface area contributed by atoms with Crippen molar-refractivity contribution in [1.82, 2.24) is 10.2 Å². The van der Waals surface area contributed by atoms with Gasteiger partial charge in [0.15, 0.2) is 0 Å². The second-order valence-electron chi connectivity index (χ2n) is 4.20. The normalized spacial score (nSPS) is 11.1. The second-order valence-corrected chi connectivity index (χ2v) is 5.86. The van der Waals surface area contributed by atoms with Gasteiger partial charge in [-0.25, -0.2) is 13.2 Å². The Labute approximate surface area is 120 Å². The summed E-state index contributed by atoms with van der Waals surface area (Å²) in [7, 11) is -2.71. The van der Waals surface area contributed by atoms with E-state index >= 15 is 0 Å². The van der Waals surface area contributed by atoms with Crippen molar-refractivity contribution in [2.75, 3.05) is 11.8 Å². The van der Waals surface area contributed by atoms with Gasteiger partial charge in [-0.15, -0.1) is 0 Å². The van der Waals surface area contributed by atoms with Gasteiger partial charge < -0.3 is 9.84 Å². The quantitative estimate of drug-likeness (QED) is 0.763. The van der Waals surface area contributed by atoms with Crippen molar-refractivity contribution in [2.45, 2.75) is 11.8 Å². The molecule has 0 spiro atoms. The van der Waals surface area contributed by atoms with Gasteiger partial charge in [-0.05, 0) is 25.1 Å². The number of anilines is 1. The molecule has 0 saturated carbocycles. The third-order valence-corrected chi connectivity index (χ3v) is 4.14. The Kier molecular flexibility index (Phi) is 3.85. The maximum Gasteiger partial charge on any atom is 0.335 e. The van der Waals surface area contributed by atoms with E-state index in [-0.39, 0.29) is 22.0 Å². The number of sulfonamides is 1. The lowest BCUT2D eigenvalue weighted by Gasteiger charge is -2.11. The van der Waals surface area contributed by atoms with Crippen LogP contribution in [0.2, 0.25) is 0 Å². The maximum absolute atomic E-state index is 12.4. The Hall–Kier alpha value is -2.55. The van der Waals surface area contributed by atoms with Crippen molar-refractivity contribution in [1.29, 1.82) is 0 Å². The molecule has 0 saturated heterocycles. The number of methoxy groups -OCH3 is 1. The average molecular weight is 311 g/mol. The number of aromatic amines is 1. The van der Waals surface area contributed by atoms with Crippen molar-refractivity contribution in [3.05, 3.63) is 35.5 Å². The van der Waals surface area contributed by atoms with E-state index in [0.717, 1.165) is 6.07 Å². The number of carbonyl (C=O) groups is 1. The van der Waals surface area contributed by atoms with Gasteiger partial charge in [0, 0.05) is 5.56 Å². The van der Waals surface area contributed by atoms with E-state index in [1.807, 2.05) is 0 Å². The minimum Gasteiger partial charge on any atom is -0.495 e. The molecule has 0 aliphatic carbocycles. The summed E-state index contributed by atoms with van der Waals surface area (Å²) >= 11 is 0. The summed E-state index contributed by atoms with van der Waals surface area (Å²) in [6, 6.07) is 3.59. The van der Waals surface area contributed by atoms with Crippen LogP contribution in [0, 0.1) is 6.92 Å². The zero-order valence-corrected chi connectivity index (χ0v) is 12.1. The first-order valence-electron chi connectivity index (χ1n) is 5.79. The second kappa shape index (κ2) is 5.44. The summed E-state index contributed by atoms with van der Waals surface area (Å²) < 4.78 is 32.0. The van der Waals surface area contributed by atoms with Crippen molar-refractivity contribution < 1.29 is 23.1 Å². The van der Waals surface area contributed by atoms with E-state index in [1.165, 1.54) is 25.4 Å². The van der Waals surface area contributed by atoms with Crippen LogP contribution >= 0.6 is 0 Å². The highest BCUT2D eigenvalue weighted by Crippen LogP contribution is 2.27. The van der Waals surface area contributed by atoms with Gasteiger partial charge in [0.1, 0.15) is 16.5 Å². The Balaban J connectivity index is 2.50. The fourth-order valence-corrected chi connectivity index (χ4v) is 2.94. The first-order valence-corrected chi connectivity index (χ1v) is 7.27. The van der Waals surface area contributed by atoms with Crippen molar-refractivity contribution in [2.24, 2.45) is 0 Å². The van der Waals surface area contributed by atoms with Crippen LogP contribution in [0.5, 0.6) is 5.75 Å². The summed E-state index contributed by atoms with van der Waals surface area (Å²) in [5, 5.41) is 15.2. The van der Waals surface area contributed by atoms with E-state index in [9.17, 15) is 13.2 Å². The third kappa shape index (κ3) is 2.97. The lowest BCUT2D eigenvalue weighted by Crippen LogP contribution is -2.16. The summed E-state index contributed by atoms with van der Waals surface area (Å²) in [6.45, 7) is 1.67. The van der Waals surface area contributed by atoms with Gasteiger partial charge in [-0.1, -0.05) is 0 Å². The smallest absolute Gasteiger partial charge is 0.335 e. The maximum atomic E-state index is 12.4. The van der Waals surface area contributed by atoms with Crippen LogP contribution in [0.25, 0.3) is 0 Å². The molecular weight excluding hydrogens is 298 g/mol. The molecule has 21 heavy (non-hydrogen) atoms. The van der Waals surface area contributed by atoms with Gasteiger partial charge >= 0.3 is 5.97 Å². The molecule has 0 aliphatic rings. The van der Waals surface area contributed by atoms with Crippen LogP contribution < -0.4 is 9.46 Å². The number of hydrogen-bond donors (Lipinski definition) is 3. The lowest BCUT2D eigenvalue weighted by atomic mass is 10.2. The number of benzene rings is 1. The standard InChI is InChI=1S/C12H13N3O5S/c1-7-6-13-14-11(7)15-21(18,19)10-5-8(12(16)17)3-4-9(10)20-2/h3-6H,1-2H3,(H,16,17)(H2,13,14,15). The van der Waals surface area contributed by atoms with E-state index in [2.05, 4.69) is 14.9 Å². The highest BCUT2D eigenvalue weighted by atomic mass is 32.2. The zero-order chi connectivity index (χ0) is 15.6. The number of aryl methyl sites for hydroxylation is 1. The topological polar surface area (TPSA) is 121 Å². The number of H-pyrrole nitrogens is 1. The van der Waals surface area contributed by atoms with Crippen LogP contribution in [-0.4, -0.2) is 36.8 Å². The fraction of sp³-hybridized carbons (Fsp3) is 0.167. The van der Waals surface area contributed by atoms with Gasteiger partial charge in [-0.3, -0.25) is 9.82 Å². The minimum absolute atomic E-state index is 0.0460. The van der Waals surface area contributed by atoms with Crippen molar-refractivity contribution in [3.63, 3.8) is 0 Å². The van der Waals surface area contributed by atoms with Crippen LogP contribution in [0.15, 0.2) is 29.3 Å². The van der Waals surface area contributed by atoms with Crippen LogP contribution in [0.3, 0.4) is 0 Å². The Morgan fingerprint density at radius 2 is 2.14 bits per heavy atom. The number of nitrogens with zero attached hydrogens (tertiary/aromatic N) is 1. The molecule has 1 aromatic heterocycles. The van der Waals surface area contributed by atoms with Crippen LogP contribution in [-0.2, 0) is 10.0 Å². The first-order chi connectivity index (χ1) is 9.85. The summed E-state index contributed by atoms with van der Waals surface area (Å²) in [4.78, 5) is 10.7. The highest BCUT2D eigenvalue weighted by molar-refractivity contribution is 7.92. The lowest BCUT2D eigenvalue weighted by molar-refractivity contribution is 0.0696. The van der Waals surface area contributed by atoms with Crippen LogP contribution in [0.1, 0.15) is 15.9 Å². The van der Waals surface area contributed by atoms with E-state index in [4.69, 9.17) is 9.84 Å². The zero-order valence-electron chi connectivity index (χ0n) is 11.2. The third-order valence-electron chi connectivity index (χ3n) is 2.77. The fourth-order valence-electron chi connectivity index (χ4n) is 1.66. The molecule has 1 heterocycles. The molecule has 9 heteroatoms. The molecule has 0 radical (unpaired) electrons. The number of ether oxygens (including phenoxy) is 1. The number of aromatic carboxylic acids is 1. The summed E-state index contributed by atoms with van der Waals surface area (Å²) in [6.07, 6.45) is 1.46. The van der Waals surface area contributed by atoms with E-state index in [1.54, 1.807) is 6.92 Å². The minimum atomic E-state index is -4.01. The first kappa shape index (κ1) is 14.9. The molecule has 112 valence electrons. The monoisotopic (exact) mass is 311 g/mol. The number of hydrogen-bond acceptors (Lipinski definition) is 5. The summed E-state index contributed by atoms with van der Waals surface area (Å²) in [5.41, 5.74) is 0.449. The molecule has 8 nitrogen and oxygen atoms in total. The molecule has 2 rings (SSSR count). The van der Waals surface area contributed by atoms with Gasteiger partial charge in [0.05, 0.1) is 18.9 Å². The van der Waals surface area contributed by atoms with E-state index < -0.39 is 16.0 Å². The number of nitrogens with one attached hydrogen (secondary N) is 2. The molecule has 0 bridgehead atoms. The predicted octanol–water partition coefficient (Wildman–Crippen LogP) is 1.23. The molecule has 1 aromatic carbocycles. The predicted molar refractivity (Wildman–Crippen MR) is 74.1 cm³/mol. The Morgan fingerprint density at radius 1 is 1.43 bits per heavy atom. The number of aromatic nitrogens is 2. The Bertz CT molecular complexity index is 782. The molecule has 0 fully saturated rings. The van der Waals surface area contributed by atoms with Gasteiger partial charge in [-0.2, -0.15) is 5.10 Å². The molecule has 2 aromatic rings. The van der Waals surface area contributed by atoms with Gasteiger partial charge in [0.2, 0.25) is 0 Å². The number of rotatable bonds is 5. The molecule has 0 aliphatic heterocycles. The van der Waals surface area contributed by atoms with Gasteiger partial charge in [0.25, 0.3) is 10.0 Å². The van der Waals surface area contributed by atoms with Crippen molar-refractivity contribution in [3.8, 4) is 5.75 Å². The molecule has 0 amide bonds. The Morgan fingerprint density at radius 3 is 2.67 bits per heavy atom. The number of carboxylic acid groups (broad SMARTS) is 1. The SMILES string of the molecule is COc1ccc(C(=O)O)cc1S(=O)(=O)Nc1[nH]ncc1C. The molecule has 0 unspecified atom stereocenters. The van der Waals surface area contributed by atoms with Crippen molar-refractivity contribution >= 4 is 21.8 Å². The largest absolute Gasteiger partial charge is 0.495 e. The molecule has 0 atom stereocenters. The van der Waals surface area contributed by atoms with Crippen LogP contribution in [0.4, 0.5) is 5.82 Å². The highest BCUT2D eigenvalue weighted by Gasteiger charge is 2.22. The number of carboxylic acids is 1. The molecular formula is C12H13N3O5S. The molecule has 3 N–H and O–H groups in total. The van der Waals surface area contributed by atoms with E-state index in [0.29, 0.717) is 5.56 Å². The average Bonchev–Trinajstić information content (AvgIpc) is 2.82.